The molecule has 0 atom stereocenters. The van der Waals surface area contributed by atoms with Crippen LogP contribution in [0.15, 0.2) is 71.6 Å². The first-order valence-electron chi connectivity index (χ1n) is 11.2. The SMILES string of the molecule is CCOc1ccc(N2C(=O)/C(=C/c3ccc(OCC(=O)Nc4ccc(F)cc4)c(OC)c3)SC2=S)cc1. The summed E-state index contributed by atoms with van der Waals surface area (Å²) >= 11 is 6.66. The van der Waals surface area contributed by atoms with Crippen LogP contribution in [0.2, 0.25) is 0 Å². The van der Waals surface area contributed by atoms with E-state index in [4.69, 9.17) is 26.4 Å². The van der Waals surface area contributed by atoms with Crippen molar-refractivity contribution in [1.82, 2.24) is 0 Å². The van der Waals surface area contributed by atoms with Crippen molar-refractivity contribution in [2.45, 2.75) is 6.92 Å². The molecule has 37 heavy (non-hydrogen) atoms. The van der Waals surface area contributed by atoms with E-state index in [1.807, 2.05) is 6.92 Å². The molecule has 0 unspecified atom stereocenters. The number of hydrogen-bond acceptors (Lipinski definition) is 7. The number of benzene rings is 3. The second kappa shape index (κ2) is 11.9. The summed E-state index contributed by atoms with van der Waals surface area (Å²) in [5, 5.41) is 2.63. The summed E-state index contributed by atoms with van der Waals surface area (Å²) in [6.45, 7) is 2.19. The van der Waals surface area contributed by atoms with Gasteiger partial charge in [-0.15, -0.1) is 0 Å². The van der Waals surface area contributed by atoms with Gasteiger partial charge in [0.15, 0.2) is 22.4 Å². The first-order valence-corrected chi connectivity index (χ1v) is 12.5. The lowest BCUT2D eigenvalue weighted by molar-refractivity contribution is -0.118. The molecule has 0 aromatic heterocycles. The number of thioether (sulfide) groups is 1. The summed E-state index contributed by atoms with van der Waals surface area (Å²) in [6, 6.07) is 17.7. The highest BCUT2D eigenvalue weighted by atomic mass is 32.2. The molecule has 4 rings (SSSR count). The number of halogens is 1. The standard InChI is InChI=1S/C27H23FN2O5S2/c1-3-34-21-11-9-20(10-12-21)30-26(32)24(37-27(30)36)15-17-4-13-22(23(14-17)33-2)35-16-25(31)29-19-7-5-18(28)6-8-19/h4-15H,3,16H2,1-2H3,(H,29,31)/b24-15-. The van der Waals surface area contributed by atoms with Crippen molar-refractivity contribution in [3.8, 4) is 17.2 Å². The second-order valence-corrected chi connectivity index (χ2v) is 9.37. The summed E-state index contributed by atoms with van der Waals surface area (Å²) in [5.41, 5.74) is 1.82. The summed E-state index contributed by atoms with van der Waals surface area (Å²) in [7, 11) is 1.48. The largest absolute Gasteiger partial charge is 0.494 e. The van der Waals surface area contributed by atoms with Gasteiger partial charge in [-0.05, 0) is 79.2 Å². The molecule has 0 spiro atoms. The molecule has 10 heteroatoms. The predicted molar refractivity (Wildman–Crippen MR) is 147 cm³/mol. The van der Waals surface area contributed by atoms with Gasteiger partial charge < -0.3 is 19.5 Å². The van der Waals surface area contributed by atoms with Crippen molar-refractivity contribution in [2.75, 3.05) is 30.5 Å². The number of ether oxygens (including phenoxy) is 3. The van der Waals surface area contributed by atoms with Gasteiger partial charge >= 0.3 is 0 Å². The Morgan fingerprint density at radius 3 is 2.46 bits per heavy atom. The summed E-state index contributed by atoms with van der Waals surface area (Å²) in [6.07, 6.45) is 1.72. The zero-order valence-corrected chi connectivity index (χ0v) is 21.7. The van der Waals surface area contributed by atoms with Crippen molar-refractivity contribution in [3.63, 3.8) is 0 Å². The van der Waals surface area contributed by atoms with E-state index in [0.717, 1.165) is 5.75 Å². The Labute approximate surface area is 223 Å². The third kappa shape index (κ3) is 6.46. The van der Waals surface area contributed by atoms with E-state index >= 15 is 0 Å². The van der Waals surface area contributed by atoms with E-state index < -0.39 is 11.7 Å². The van der Waals surface area contributed by atoms with Crippen LogP contribution in [0.4, 0.5) is 15.8 Å². The number of anilines is 2. The number of nitrogens with one attached hydrogen (secondary N) is 1. The van der Waals surface area contributed by atoms with Crippen LogP contribution in [0.1, 0.15) is 12.5 Å². The van der Waals surface area contributed by atoms with Crippen molar-refractivity contribution in [3.05, 3.63) is 83.0 Å². The summed E-state index contributed by atoms with van der Waals surface area (Å²) in [5.74, 6) is 0.444. The second-order valence-electron chi connectivity index (χ2n) is 7.70. The molecule has 1 heterocycles. The first-order chi connectivity index (χ1) is 17.9. The van der Waals surface area contributed by atoms with Crippen LogP contribution in [-0.4, -0.2) is 36.5 Å². The number of amides is 2. The minimum atomic E-state index is -0.407. The number of carbonyl (C=O) groups is 2. The fourth-order valence-corrected chi connectivity index (χ4v) is 4.77. The lowest BCUT2D eigenvalue weighted by Gasteiger charge is -2.15. The molecule has 7 nitrogen and oxygen atoms in total. The molecule has 190 valence electrons. The highest BCUT2D eigenvalue weighted by Gasteiger charge is 2.33. The zero-order valence-electron chi connectivity index (χ0n) is 20.0. The number of hydrogen-bond donors (Lipinski definition) is 1. The minimum absolute atomic E-state index is 0.226. The molecule has 1 saturated heterocycles. The van der Waals surface area contributed by atoms with Gasteiger partial charge in [0.05, 0.1) is 24.3 Å². The first kappa shape index (κ1) is 26.2. The van der Waals surface area contributed by atoms with Crippen LogP contribution >= 0.6 is 24.0 Å². The Kier molecular flexibility index (Phi) is 8.42. The smallest absolute Gasteiger partial charge is 0.270 e. The maximum Gasteiger partial charge on any atom is 0.270 e. The van der Waals surface area contributed by atoms with Crippen molar-refractivity contribution >= 4 is 57.6 Å². The monoisotopic (exact) mass is 538 g/mol. The summed E-state index contributed by atoms with van der Waals surface area (Å²) in [4.78, 5) is 27.2. The van der Waals surface area contributed by atoms with Crippen molar-refractivity contribution < 1.29 is 28.2 Å². The number of carbonyl (C=O) groups excluding carboxylic acids is 2. The third-order valence-corrected chi connectivity index (χ3v) is 6.47. The Hall–Kier alpha value is -3.89. The van der Waals surface area contributed by atoms with Crippen molar-refractivity contribution in [1.29, 1.82) is 0 Å². The molecule has 1 N–H and O–H groups in total. The number of thiocarbonyl (C=S) groups is 1. The van der Waals surface area contributed by atoms with Gasteiger partial charge in [-0.1, -0.05) is 30.0 Å². The fourth-order valence-electron chi connectivity index (χ4n) is 3.47. The van der Waals surface area contributed by atoms with E-state index in [1.165, 1.54) is 48.0 Å². The Morgan fingerprint density at radius 1 is 1.05 bits per heavy atom. The molecule has 0 aliphatic carbocycles. The highest BCUT2D eigenvalue weighted by Crippen LogP contribution is 2.37. The maximum atomic E-state index is 13.1. The van der Waals surface area contributed by atoms with E-state index in [1.54, 1.807) is 48.5 Å². The van der Waals surface area contributed by atoms with Gasteiger partial charge in [0.2, 0.25) is 0 Å². The van der Waals surface area contributed by atoms with Gasteiger partial charge in [-0.3, -0.25) is 14.5 Å². The number of rotatable bonds is 9. The number of nitrogens with zero attached hydrogens (tertiary/aromatic N) is 1. The topological polar surface area (TPSA) is 77.1 Å². The molecule has 1 aliphatic heterocycles. The Balaban J connectivity index is 1.43. The summed E-state index contributed by atoms with van der Waals surface area (Å²) < 4.78 is 29.9. The van der Waals surface area contributed by atoms with Gasteiger partial charge in [0.25, 0.3) is 11.8 Å². The van der Waals surface area contributed by atoms with Crippen LogP contribution in [0.5, 0.6) is 17.2 Å². The van der Waals surface area contributed by atoms with Crippen LogP contribution in [0, 0.1) is 5.82 Å². The van der Waals surface area contributed by atoms with Crippen LogP contribution in [0.3, 0.4) is 0 Å². The molecule has 3 aromatic rings. The van der Waals surface area contributed by atoms with Gasteiger partial charge in [0, 0.05) is 5.69 Å². The van der Waals surface area contributed by atoms with Crippen LogP contribution < -0.4 is 24.4 Å². The zero-order chi connectivity index (χ0) is 26.4. The van der Waals surface area contributed by atoms with Crippen LogP contribution in [0.25, 0.3) is 6.08 Å². The molecule has 1 aliphatic rings. The van der Waals surface area contributed by atoms with E-state index in [0.29, 0.717) is 44.3 Å². The van der Waals surface area contributed by atoms with Gasteiger partial charge in [-0.25, -0.2) is 4.39 Å². The predicted octanol–water partition coefficient (Wildman–Crippen LogP) is 5.66. The molecular formula is C27H23FN2O5S2. The quantitative estimate of drug-likeness (QED) is 0.278. The molecule has 3 aromatic carbocycles. The molecular weight excluding hydrogens is 515 g/mol. The fraction of sp³-hybridized carbons (Fsp3) is 0.148. The molecule has 2 amide bonds. The van der Waals surface area contributed by atoms with E-state index in [9.17, 15) is 14.0 Å². The maximum absolute atomic E-state index is 13.1. The normalized spacial score (nSPS) is 14.1. The van der Waals surface area contributed by atoms with Crippen LogP contribution in [-0.2, 0) is 9.59 Å². The lowest BCUT2D eigenvalue weighted by atomic mass is 10.1. The minimum Gasteiger partial charge on any atom is -0.494 e. The molecule has 1 fully saturated rings. The average Bonchev–Trinajstić information content (AvgIpc) is 3.17. The Bertz CT molecular complexity index is 1340. The average molecular weight is 539 g/mol. The third-order valence-electron chi connectivity index (χ3n) is 5.17. The highest BCUT2D eigenvalue weighted by molar-refractivity contribution is 8.27. The van der Waals surface area contributed by atoms with E-state index in [-0.39, 0.29) is 12.5 Å². The Morgan fingerprint density at radius 2 is 1.78 bits per heavy atom. The van der Waals surface area contributed by atoms with Gasteiger partial charge in [0.1, 0.15) is 11.6 Å². The molecule has 0 saturated carbocycles. The molecule has 0 bridgehead atoms. The van der Waals surface area contributed by atoms with E-state index in [2.05, 4.69) is 5.32 Å². The van der Waals surface area contributed by atoms with Crippen molar-refractivity contribution in [2.24, 2.45) is 0 Å². The molecule has 0 radical (unpaired) electrons. The lowest BCUT2D eigenvalue weighted by Crippen LogP contribution is -2.27. The number of methoxy groups -OCH3 is 1. The van der Waals surface area contributed by atoms with Gasteiger partial charge in [-0.2, -0.15) is 0 Å².